The molecule has 0 aromatic heterocycles. The Morgan fingerprint density at radius 1 is 1.50 bits per heavy atom. The summed E-state index contributed by atoms with van der Waals surface area (Å²) < 4.78 is 5.67. The van der Waals surface area contributed by atoms with Crippen molar-refractivity contribution in [1.82, 2.24) is 0 Å². The summed E-state index contributed by atoms with van der Waals surface area (Å²) in [6.07, 6.45) is 1.56. The topological polar surface area (TPSA) is 29.5 Å². The highest BCUT2D eigenvalue weighted by atomic mass is 32.2. The van der Waals surface area contributed by atoms with E-state index in [1.54, 1.807) is 0 Å². The Labute approximate surface area is 101 Å². The monoisotopic (exact) mass is 238 g/mol. The molecule has 1 N–H and O–H groups in total. The fraction of sp³-hybridized carbons (Fsp3) is 0.538. The molecular formula is C13H18O2S. The van der Waals surface area contributed by atoms with E-state index in [0.29, 0.717) is 0 Å². The molecule has 0 heterocycles. The number of aryl methyl sites for hydroxylation is 1. The average Bonchev–Trinajstić information content (AvgIpc) is 2.66. The van der Waals surface area contributed by atoms with Gasteiger partial charge in [-0.25, -0.2) is 0 Å². The lowest BCUT2D eigenvalue weighted by Gasteiger charge is -2.08. The molecular weight excluding hydrogens is 220 g/mol. The molecule has 1 aliphatic carbocycles. The molecule has 1 aromatic carbocycles. The first-order valence-corrected chi connectivity index (χ1v) is 6.98. The zero-order valence-corrected chi connectivity index (χ0v) is 10.4. The summed E-state index contributed by atoms with van der Waals surface area (Å²) in [5.74, 6) is 3.11. The van der Waals surface area contributed by atoms with E-state index < -0.39 is 0 Å². The molecule has 2 rings (SSSR count). The van der Waals surface area contributed by atoms with Crippen molar-refractivity contribution in [2.45, 2.75) is 25.9 Å². The highest BCUT2D eigenvalue weighted by molar-refractivity contribution is 7.99. The third-order valence-corrected chi connectivity index (χ3v) is 3.72. The quantitative estimate of drug-likeness (QED) is 0.800. The maximum Gasteiger partial charge on any atom is 0.119 e. The largest absolute Gasteiger partial charge is 0.493 e. The molecule has 16 heavy (non-hydrogen) atoms. The summed E-state index contributed by atoms with van der Waals surface area (Å²) in [6, 6.07) is 6.03. The minimum Gasteiger partial charge on any atom is -0.493 e. The number of aliphatic hydroxyl groups excluding tert-OH is 1. The van der Waals surface area contributed by atoms with Crippen LogP contribution in [-0.2, 0) is 6.42 Å². The Bertz CT molecular complexity index is 352. The fourth-order valence-corrected chi connectivity index (χ4v) is 2.51. The van der Waals surface area contributed by atoms with Gasteiger partial charge in [-0.15, -0.1) is 0 Å². The van der Waals surface area contributed by atoms with Gasteiger partial charge in [-0.2, -0.15) is 11.8 Å². The molecule has 0 aliphatic heterocycles. The number of fused-ring (bicyclic) bond motifs is 1. The minimum absolute atomic E-state index is 0.264. The molecule has 0 fully saturated rings. The van der Waals surface area contributed by atoms with E-state index in [1.807, 2.05) is 23.9 Å². The van der Waals surface area contributed by atoms with Crippen LogP contribution in [0.5, 0.6) is 5.75 Å². The summed E-state index contributed by atoms with van der Waals surface area (Å²) in [5, 5.41) is 9.67. The van der Waals surface area contributed by atoms with E-state index in [-0.39, 0.29) is 6.10 Å². The normalized spacial score (nSPS) is 18.5. The van der Waals surface area contributed by atoms with Gasteiger partial charge < -0.3 is 9.84 Å². The third-order valence-electron chi connectivity index (χ3n) is 2.86. The Morgan fingerprint density at radius 2 is 2.38 bits per heavy atom. The lowest BCUT2D eigenvalue weighted by molar-refractivity contribution is 0.180. The second kappa shape index (κ2) is 5.60. The van der Waals surface area contributed by atoms with Gasteiger partial charge in [0.05, 0.1) is 12.7 Å². The molecule has 0 spiro atoms. The molecule has 2 nitrogen and oxygen atoms in total. The molecule has 3 heteroatoms. The lowest BCUT2D eigenvalue weighted by atomic mass is 10.1. The number of aliphatic hydroxyl groups is 1. The standard InChI is InChI=1S/C13H18O2S/c1-2-16-8-7-15-11-4-5-12-10(9-11)3-6-13(12)14/h4-5,9,13-14H,2-3,6-8H2,1H3. The van der Waals surface area contributed by atoms with Crippen LogP contribution in [0.2, 0.25) is 0 Å². The zero-order valence-electron chi connectivity index (χ0n) is 9.61. The third kappa shape index (κ3) is 2.71. The summed E-state index contributed by atoms with van der Waals surface area (Å²) in [4.78, 5) is 0. The first-order chi connectivity index (χ1) is 7.81. The van der Waals surface area contributed by atoms with Gasteiger partial charge in [0.15, 0.2) is 0 Å². The number of benzene rings is 1. The van der Waals surface area contributed by atoms with Crippen molar-refractivity contribution in [3.63, 3.8) is 0 Å². The minimum atomic E-state index is -0.264. The van der Waals surface area contributed by atoms with E-state index in [2.05, 4.69) is 13.0 Å². The van der Waals surface area contributed by atoms with Crippen LogP contribution in [0, 0.1) is 0 Å². The molecule has 88 valence electrons. The van der Waals surface area contributed by atoms with Gasteiger partial charge in [-0.1, -0.05) is 13.0 Å². The summed E-state index contributed by atoms with van der Waals surface area (Å²) in [6.45, 7) is 2.92. The number of ether oxygens (including phenoxy) is 1. The molecule has 1 unspecified atom stereocenters. The van der Waals surface area contributed by atoms with Crippen molar-refractivity contribution in [2.75, 3.05) is 18.1 Å². The van der Waals surface area contributed by atoms with Crippen LogP contribution < -0.4 is 4.74 Å². The predicted octanol–water partition coefficient (Wildman–Crippen LogP) is 2.80. The van der Waals surface area contributed by atoms with Crippen LogP contribution >= 0.6 is 11.8 Å². The second-order valence-corrected chi connectivity index (χ2v) is 5.35. The second-order valence-electron chi connectivity index (χ2n) is 3.96. The molecule has 0 saturated heterocycles. The van der Waals surface area contributed by atoms with Gasteiger partial charge in [-0.3, -0.25) is 0 Å². The molecule has 0 saturated carbocycles. The Morgan fingerprint density at radius 3 is 3.19 bits per heavy atom. The molecule has 0 radical (unpaired) electrons. The Hall–Kier alpha value is -0.670. The fourth-order valence-electron chi connectivity index (χ4n) is 2.02. The number of hydrogen-bond acceptors (Lipinski definition) is 3. The maximum atomic E-state index is 9.67. The average molecular weight is 238 g/mol. The van der Waals surface area contributed by atoms with E-state index >= 15 is 0 Å². The van der Waals surface area contributed by atoms with Crippen molar-refractivity contribution in [3.05, 3.63) is 29.3 Å². The van der Waals surface area contributed by atoms with Gasteiger partial charge in [0.1, 0.15) is 5.75 Å². The molecule has 0 bridgehead atoms. The van der Waals surface area contributed by atoms with E-state index in [0.717, 1.165) is 42.3 Å². The van der Waals surface area contributed by atoms with Crippen LogP contribution in [0.3, 0.4) is 0 Å². The first kappa shape index (κ1) is 11.8. The van der Waals surface area contributed by atoms with Crippen molar-refractivity contribution >= 4 is 11.8 Å². The van der Waals surface area contributed by atoms with Gasteiger partial charge in [0, 0.05) is 5.75 Å². The first-order valence-electron chi connectivity index (χ1n) is 5.82. The van der Waals surface area contributed by atoms with Gasteiger partial charge in [0.2, 0.25) is 0 Å². The zero-order chi connectivity index (χ0) is 11.4. The lowest BCUT2D eigenvalue weighted by Crippen LogP contribution is -2.01. The Balaban J connectivity index is 1.92. The number of thioether (sulfide) groups is 1. The van der Waals surface area contributed by atoms with E-state index in [1.165, 1.54) is 5.56 Å². The summed E-state index contributed by atoms with van der Waals surface area (Å²) in [5.41, 5.74) is 2.32. The SMILES string of the molecule is CCSCCOc1ccc2c(c1)CCC2O. The Kier molecular flexibility index (Phi) is 4.13. The number of rotatable bonds is 5. The van der Waals surface area contributed by atoms with Gasteiger partial charge in [-0.05, 0) is 41.9 Å². The van der Waals surface area contributed by atoms with Crippen LogP contribution in [0.25, 0.3) is 0 Å². The smallest absolute Gasteiger partial charge is 0.119 e. The highest BCUT2D eigenvalue weighted by Gasteiger charge is 2.20. The molecule has 1 aromatic rings. The van der Waals surface area contributed by atoms with Crippen molar-refractivity contribution in [2.24, 2.45) is 0 Å². The summed E-state index contributed by atoms with van der Waals surface area (Å²) >= 11 is 1.89. The molecule has 0 amide bonds. The van der Waals surface area contributed by atoms with Gasteiger partial charge in [0.25, 0.3) is 0 Å². The van der Waals surface area contributed by atoms with Gasteiger partial charge >= 0.3 is 0 Å². The van der Waals surface area contributed by atoms with Crippen LogP contribution in [0.4, 0.5) is 0 Å². The van der Waals surface area contributed by atoms with Crippen molar-refractivity contribution < 1.29 is 9.84 Å². The van der Waals surface area contributed by atoms with Crippen LogP contribution in [-0.4, -0.2) is 23.2 Å². The van der Waals surface area contributed by atoms with E-state index in [4.69, 9.17) is 4.74 Å². The predicted molar refractivity (Wildman–Crippen MR) is 68.2 cm³/mol. The van der Waals surface area contributed by atoms with E-state index in [9.17, 15) is 5.11 Å². The number of hydrogen-bond donors (Lipinski definition) is 1. The summed E-state index contributed by atoms with van der Waals surface area (Å²) in [7, 11) is 0. The van der Waals surface area contributed by atoms with Crippen LogP contribution in [0.1, 0.15) is 30.6 Å². The van der Waals surface area contributed by atoms with Crippen molar-refractivity contribution in [1.29, 1.82) is 0 Å². The molecule has 1 atom stereocenters. The van der Waals surface area contributed by atoms with Crippen molar-refractivity contribution in [3.8, 4) is 5.75 Å². The maximum absolute atomic E-state index is 9.67. The van der Waals surface area contributed by atoms with Crippen LogP contribution in [0.15, 0.2) is 18.2 Å². The highest BCUT2D eigenvalue weighted by Crippen LogP contribution is 2.33. The molecule has 1 aliphatic rings.